The minimum Gasteiger partial charge on any atom is -0.375 e. The van der Waals surface area contributed by atoms with Crippen molar-refractivity contribution in [2.24, 2.45) is 5.73 Å². The molecule has 6 heteroatoms. The van der Waals surface area contributed by atoms with E-state index in [-0.39, 0.29) is 29.5 Å². The first-order valence-electron chi connectivity index (χ1n) is 8.41. The Morgan fingerprint density at radius 1 is 1.00 bits per heavy atom. The van der Waals surface area contributed by atoms with Crippen LogP contribution in [0.5, 0.6) is 0 Å². The molecule has 0 aromatic heterocycles. The number of rotatable bonds is 7. The number of carbonyl (C=O) groups excluding carboxylic acids is 2. The molecule has 0 unspecified atom stereocenters. The molecule has 5 nitrogen and oxygen atoms in total. The van der Waals surface area contributed by atoms with Crippen molar-refractivity contribution in [1.82, 2.24) is 0 Å². The van der Waals surface area contributed by atoms with Gasteiger partial charge in [-0.2, -0.15) is 0 Å². The number of carbonyl (C=O) groups is 2. The standard InChI is InChI=1S/C20H25N3O2S/c1-20(2,3)14-8-4-5-9-15(14)23-19(25)12-22-16-10-6-7-11-17(16)26-13-18(21)24/h4-11,22H,12-13H2,1-3H3,(H2,21,24)(H,23,25). The normalized spacial score (nSPS) is 11.0. The van der Waals surface area contributed by atoms with Gasteiger partial charge in [0, 0.05) is 16.3 Å². The lowest BCUT2D eigenvalue weighted by atomic mass is 9.86. The van der Waals surface area contributed by atoms with E-state index in [0.717, 1.165) is 21.8 Å². The van der Waals surface area contributed by atoms with Gasteiger partial charge in [-0.3, -0.25) is 9.59 Å². The summed E-state index contributed by atoms with van der Waals surface area (Å²) < 4.78 is 0. The molecule has 0 spiro atoms. The fraction of sp³-hybridized carbons (Fsp3) is 0.300. The van der Waals surface area contributed by atoms with Crippen LogP contribution in [0.15, 0.2) is 53.4 Å². The molecule has 4 N–H and O–H groups in total. The number of para-hydroxylation sites is 2. The maximum Gasteiger partial charge on any atom is 0.243 e. The first kappa shape index (κ1) is 19.8. The highest BCUT2D eigenvalue weighted by molar-refractivity contribution is 8.00. The molecule has 0 aliphatic heterocycles. The molecule has 2 amide bonds. The van der Waals surface area contributed by atoms with Crippen molar-refractivity contribution in [2.45, 2.75) is 31.1 Å². The van der Waals surface area contributed by atoms with E-state index in [4.69, 9.17) is 5.73 Å². The Morgan fingerprint density at radius 3 is 2.27 bits per heavy atom. The monoisotopic (exact) mass is 371 g/mol. The fourth-order valence-electron chi connectivity index (χ4n) is 2.50. The SMILES string of the molecule is CC(C)(C)c1ccccc1NC(=O)CNc1ccccc1SCC(N)=O. The molecule has 2 aromatic rings. The van der Waals surface area contributed by atoms with Gasteiger partial charge < -0.3 is 16.4 Å². The summed E-state index contributed by atoms with van der Waals surface area (Å²) in [6.45, 7) is 6.47. The molecule has 0 bridgehead atoms. The van der Waals surface area contributed by atoms with Gasteiger partial charge in [0.1, 0.15) is 0 Å². The zero-order chi connectivity index (χ0) is 19.2. The number of primary amides is 1. The summed E-state index contributed by atoms with van der Waals surface area (Å²) in [7, 11) is 0. The van der Waals surface area contributed by atoms with Gasteiger partial charge in [0.2, 0.25) is 11.8 Å². The Labute approximate surface area is 158 Å². The van der Waals surface area contributed by atoms with E-state index in [0.29, 0.717) is 0 Å². The van der Waals surface area contributed by atoms with Crippen molar-refractivity contribution in [3.8, 4) is 0 Å². The molecular weight excluding hydrogens is 346 g/mol. The molecule has 138 valence electrons. The van der Waals surface area contributed by atoms with Crippen molar-refractivity contribution in [2.75, 3.05) is 22.9 Å². The Morgan fingerprint density at radius 2 is 1.62 bits per heavy atom. The summed E-state index contributed by atoms with van der Waals surface area (Å²) in [6, 6.07) is 15.3. The van der Waals surface area contributed by atoms with Gasteiger partial charge in [0.05, 0.1) is 12.3 Å². The van der Waals surface area contributed by atoms with E-state index in [1.54, 1.807) is 0 Å². The van der Waals surface area contributed by atoms with Crippen molar-refractivity contribution >= 4 is 35.0 Å². The lowest BCUT2D eigenvalue weighted by molar-refractivity contribution is -0.116. The Bertz CT molecular complexity index is 785. The Hall–Kier alpha value is -2.47. The maximum atomic E-state index is 12.4. The number of benzene rings is 2. The molecule has 0 radical (unpaired) electrons. The second kappa shape index (κ2) is 8.76. The van der Waals surface area contributed by atoms with Crippen LogP contribution in [0.1, 0.15) is 26.3 Å². The van der Waals surface area contributed by atoms with Gasteiger partial charge in [-0.25, -0.2) is 0 Å². The van der Waals surface area contributed by atoms with E-state index in [1.165, 1.54) is 11.8 Å². The lowest BCUT2D eigenvalue weighted by Crippen LogP contribution is -2.24. The van der Waals surface area contributed by atoms with Gasteiger partial charge in [0.25, 0.3) is 0 Å². The molecule has 0 heterocycles. The van der Waals surface area contributed by atoms with Crippen molar-refractivity contribution < 1.29 is 9.59 Å². The van der Waals surface area contributed by atoms with Gasteiger partial charge in [-0.15, -0.1) is 11.8 Å². The first-order chi connectivity index (χ1) is 12.3. The third-order valence-electron chi connectivity index (χ3n) is 3.71. The fourth-order valence-corrected chi connectivity index (χ4v) is 3.27. The van der Waals surface area contributed by atoms with Crippen molar-refractivity contribution in [3.05, 3.63) is 54.1 Å². The minimum absolute atomic E-state index is 0.0602. The summed E-state index contributed by atoms with van der Waals surface area (Å²) in [5, 5.41) is 6.10. The van der Waals surface area contributed by atoms with Crippen molar-refractivity contribution in [3.63, 3.8) is 0 Å². The zero-order valence-electron chi connectivity index (χ0n) is 15.3. The lowest BCUT2D eigenvalue weighted by Gasteiger charge is -2.23. The van der Waals surface area contributed by atoms with Crippen LogP contribution in [0.2, 0.25) is 0 Å². The Kier molecular flexibility index (Phi) is 6.69. The predicted molar refractivity (Wildman–Crippen MR) is 109 cm³/mol. The third-order valence-corrected chi connectivity index (χ3v) is 4.80. The Balaban J connectivity index is 2.01. The van der Waals surface area contributed by atoms with Gasteiger partial charge in [-0.1, -0.05) is 51.1 Å². The second-order valence-electron chi connectivity index (χ2n) is 6.95. The average molecular weight is 372 g/mol. The molecule has 0 saturated heterocycles. The molecule has 2 rings (SSSR count). The molecule has 0 fully saturated rings. The van der Waals surface area contributed by atoms with Crippen LogP contribution in [0.4, 0.5) is 11.4 Å². The number of nitrogens with one attached hydrogen (secondary N) is 2. The smallest absolute Gasteiger partial charge is 0.243 e. The van der Waals surface area contributed by atoms with Gasteiger partial charge >= 0.3 is 0 Å². The van der Waals surface area contributed by atoms with E-state index in [1.807, 2.05) is 48.5 Å². The summed E-state index contributed by atoms with van der Waals surface area (Å²) in [4.78, 5) is 24.3. The molecular formula is C20H25N3O2S. The topological polar surface area (TPSA) is 84.2 Å². The van der Waals surface area contributed by atoms with E-state index < -0.39 is 0 Å². The average Bonchev–Trinajstić information content (AvgIpc) is 2.58. The second-order valence-corrected chi connectivity index (χ2v) is 7.97. The van der Waals surface area contributed by atoms with Crippen LogP contribution < -0.4 is 16.4 Å². The molecule has 0 aliphatic rings. The van der Waals surface area contributed by atoms with Crippen LogP contribution in [-0.2, 0) is 15.0 Å². The molecule has 2 aromatic carbocycles. The number of thioether (sulfide) groups is 1. The quantitative estimate of drug-likeness (QED) is 0.649. The summed E-state index contributed by atoms with van der Waals surface area (Å²) >= 11 is 1.35. The number of anilines is 2. The number of hydrogen-bond acceptors (Lipinski definition) is 4. The third kappa shape index (κ3) is 5.81. The number of amides is 2. The largest absolute Gasteiger partial charge is 0.375 e. The molecule has 0 saturated carbocycles. The van der Waals surface area contributed by atoms with Crippen LogP contribution in [0, 0.1) is 0 Å². The summed E-state index contributed by atoms with van der Waals surface area (Å²) in [5.41, 5.74) is 7.86. The first-order valence-corrected chi connectivity index (χ1v) is 9.39. The van der Waals surface area contributed by atoms with E-state index in [2.05, 4.69) is 31.4 Å². The summed E-state index contributed by atoms with van der Waals surface area (Å²) in [5.74, 6) is -0.304. The van der Waals surface area contributed by atoms with E-state index in [9.17, 15) is 9.59 Å². The predicted octanol–water partition coefficient (Wildman–Crippen LogP) is 3.61. The van der Waals surface area contributed by atoms with Crippen LogP contribution in [0.3, 0.4) is 0 Å². The van der Waals surface area contributed by atoms with Gasteiger partial charge in [0.15, 0.2) is 0 Å². The number of hydrogen-bond donors (Lipinski definition) is 3. The molecule has 26 heavy (non-hydrogen) atoms. The highest BCUT2D eigenvalue weighted by atomic mass is 32.2. The zero-order valence-corrected chi connectivity index (χ0v) is 16.2. The van der Waals surface area contributed by atoms with Gasteiger partial charge in [-0.05, 0) is 29.2 Å². The number of nitrogens with two attached hydrogens (primary N) is 1. The van der Waals surface area contributed by atoms with Crippen LogP contribution in [0.25, 0.3) is 0 Å². The highest BCUT2D eigenvalue weighted by Gasteiger charge is 2.18. The van der Waals surface area contributed by atoms with Crippen LogP contribution >= 0.6 is 11.8 Å². The molecule has 0 aliphatic carbocycles. The molecule has 0 atom stereocenters. The summed E-state index contributed by atoms with van der Waals surface area (Å²) in [6.07, 6.45) is 0. The van der Waals surface area contributed by atoms with Crippen LogP contribution in [-0.4, -0.2) is 24.1 Å². The van der Waals surface area contributed by atoms with Crippen molar-refractivity contribution in [1.29, 1.82) is 0 Å². The minimum atomic E-state index is -0.374. The highest BCUT2D eigenvalue weighted by Crippen LogP contribution is 2.29. The van der Waals surface area contributed by atoms with E-state index >= 15 is 0 Å². The maximum absolute atomic E-state index is 12.4.